The Morgan fingerprint density at radius 2 is 1.95 bits per heavy atom. The Kier molecular flexibility index (Phi) is 4.86. The largest absolute Gasteiger partial charge is 0.416 e. The average molecular weight is 316 g/mol. The zero-order valence-corrected chi connectivity index (χ0v) is 12.9. The molecule has 1 aliphatic heterocycles. The summed E-state index contributed by atoms with van der Waals surface area (Å²) in [6.45, 7) is 4.70. The van der Waals surface area contributed by atoms with E-state index in [1.165, 1.54) is 12.1 Å². The van der Waals surface area contributed by atoms with Gasteiger partial charge in [-0.25, -0.2) is 0 Å². The molecule has 0 saturated carbocycles. The van der Waals surface area contributed by atoms with Gasteiger partial charge in [-0.05, 0) is 37.5 Å². The molecule has 0 spiro atoms. The topological polar surface area (TPSA) is 24.4 Å². The predicted molar refractivity (Wildman–Crippen MR) is 81.5 cm³/mol. The number of amidine groups is 1. The minimum Gasteiger partial charge on any atom is -0.360 e. The van der Waals surface area contributed by atoms with Crippen molar-refractivity contribution >= 4 is 16.9 Å². The zero-order valence-electron chi connectivity index (χ0n) is 12.1. The molecule has 1 aromatic rings. The first-order valence-electron chi connectivity index (χ1n) is 6.94. The monoisotopic (exact) mass is 316 g/mol. The number of benzene rings is 1. The Bertz CT molecular complexity index is 511. The van der Waals surface area contributed by atoms with Crippen molar-refractivity contribution in [1.82, 2.24) is 5.32 Å². The number of thioether (sulfide) groups is 1. The summed E-state index contributed by atoms with van der Waals surface area (Å²) >= 11 is 1.67. The van der Waals surface area contributed by atoms with Crippen LogP contribution in [0, 0.1) is 0 Å². The van der Waals surface area contributed by atoms with Crippen molar-refractivity contribution in [3.05, 3.63) is 35.4 Å². The molecule has 0 radical (unpaired) electrons. The highest BCUT2D eigenvalue weighted by Gasteiger charge is 2.30. The molecule has 6 heteroatoms. The van der Waals surface area contributed by atoms with E-state index in [9.17, 15) is 13.2 Å². The number of halogens is 3. The van der Waals surface area contributed by atoms with Crippen LogP contribution in [0.15, 0.2) is 29.3 Å². The molecule has 1 heterocycles. The van der Waals surface area contributed by atoms with Crippen LogP contribution in [0.25, 0.3) is 0 Å². The van der Waals surface area contributed by atoms with Crippen molar-refractivity contribution in [3.63, 3.8) is 0 Å². The van der Waals surface area contributed by atoms with E-state index in [0.717, 1.165) is 41.5 Å². The van der Waals surface area contributed by atoms with Gasteiger partial charge in [0, 0.05) is 11.3 Å². The van der Waals surface area contributed by atoms with Crippen LogP contribution in [0.3, 0.4) is 0 Å². The molecule has 1 atom stereocenters. The number of nitrogens with zero attached hydrogens (tertiary/aromatic N) is 1. The van der Waals surface area contributed by atoms with Crippen LogP contribution < -0.4 is 5.32 Å². The maximum absolute atomic E-state index is 12.5. The zero-order chi connectivity index (χ0) is 15.5. The molecule has 1 saturated heterocycles. The van der Waals surface area contributed by atoms with E-state index in [1.807, 2.05) is 0 Å². The van der Waals surface area contributed by atoms with E-state index >= 15 is 0 Å². The standard InChI is InChI=1S/C15H19F3N2S/c1-3-14(2)8-9-21-13(20-14)19-10-11-4-6-12(7-5-11)15(16,17)18/h4-7H,3,8-10H2,1-2H3,(H,19,20). The van der Waals surface area contributed by atoms with Crippen LogP contribution in [0.5, 0.6) is 0 Å². The highest BCUT2D eigenvalue weighted by atomic mass is 32.2. The third kappa shape index (κ3) is 4.40. The Morgan fingerprint density at radius 3 is 2.52 bits per heavy atom. The van der Waals surface area contributed by atoms with E-state index in [1.54, 1.807) is 11.8 Å². The summed E-state index contributed by atoms with van der Waals surface area (Å²) in [7, 11) is 0. The Balaban J connectivity index is 2.00. The van der Waals surface area contributed by atoms with Crippen LogP contribution >= 0.6 is 11.8 Å². The second kappa shape index (κ2) is 6.30. The second-order valence-corrected chi connectivity index (χ2v) is 6.54. The van der Waals surface area contributed by atoms with Gasteiger partial charge in [0.25, 0.3) is 0 Å². The van der Waals surface area contributed by atoms with Crippen LogP contribution in [-0.2, 0) is 12.7 Å². The van der Waals surface area contributed by atoms with Gasteiger partial charge in [-0.3, -0.25) is 4.99 Å². The van der Waals surface area contributed by atoms with Gasteiger partial charge >= 0.3 is 6.18 Å². The number of hydrogen-bond acceptors (Lipinski definition) is 2. The lowest BCUT2D eigenvalue weighted by molar-refractivity contribution is -0.137. The minimum absolute atomic E-state index is 0.0736. The van der Waals surface area contributed by atoms with Crippen molar-refractivity contribution in [3.8, 4) is 0 Å². The van der Waals surface area contributed by atoms with Gasteiger partial charge in [0.2, 0.25) is 0 Å². The highest BCUT2D eigenvalue weighted by molar-refractivity contribution is 8.13. The average Bonchev–Trinajstić information content (AvgIpc) is 2.45. The third-order valence-corrected chi connectivity index (χ3v) is 4.68. The molecule has 21 heavy (non-hydrogen) atoms. The molecule has 0 aliphatic carbocycles. The first-order chi connectivity index (χ1) is 9.82. The Labute approximate surface area is 127 Å². The maximum Gasteiger partial charge on any atom is 0.416 e. The fraction of sp³-hybridized carbons (Fsp3) is 0.533. The van der Waals surface area contributed by atoms with Crippen LogP contribution in [-0.4, -0.2) is 16.5 Å². The van der Waals surface area contributed by atoms with Crippen molar-refractivity contribution in [2.45, 2.75) is 44.9 Å². The molecular weight excluding hydrogens is 297 g/mol. The fourth-order valence-electron chi connectivity index (χ4n) is 2.04. The molecule has 1 fully saturated rings. The van der Waals surface area contributed by atoms with Crippen LogP contribution in [0.4, 0.5) is 13.2 Å². The van der Waals surface area contributed by atoms with Gasteiger partial charge < -0.3 is 5.32 Å². The lowest BCUT2D eigenvalue weighted by Crippen LogP contribution is -2.48. The lowest BCUT2D eigenvalue weighted by atomic mass is 9.96. The van der Waals surface area contributed by atoms with Gasteiger partial charge in [0.05, 0.1) is 12.1 Å². The SMILES string of the molecule is CCC1(C)CCSC(=NCc2ccc(C(F)(F)F)cc2)N1. The van der Waals surface area contributed by atoms with E-state index in [-0.39, 0.29) is 5.54 Å². The summed E-state index contributed by atoms with van der Waals surface area (Å²) in [4.78, 5) is 4.48. The molecular formula is C15H19F3N2S. The molecule has 2 nitrogen and oxygen atoms in total. The molecule has 1 N–H and O–H groups in total. The molecule has 116 valence electrons. The van der Waals surface area contributed by atoms with Gasteiger partial charge in [0.1, 0.15) is 0 Å². The molecule has 0 aromatic heterocycles. The highest BCUT2D eigenvalue weighted by Crippen LogP contribution is 2.29. The Morgan fingerprint density at radius 1 is 1.29 bits per heavy atom. The first-order valence-corrected chi connectivity index (χ1v) is 7.92. The summed E-state index contributed by atoms with van der Waals surface area (Å²) in [5, 5.41) is 4.30. The predicted octanol–water partition coefficient (Wildman–Crippen LogP) is 4.46. The van der Waals surface area contributed by atoms with Gasteiger partial charge in [-0.1, -0.05) is 30.8 Å². The molecule has 1 unspecified atom stereocenters. The van der Waals surface area contributed by atoms with E-state index in [4.69, 9.17) is 0 Å². The molecule has 1 aromatic carbocycles. The third-order valence-electron chi connectivity index (χ3n) is 3.77. The van der Waals surface area contributed by atoms with Gasteiger partial charge in [0.15, 0.2) is 5.17 Å². The number of aliphatic imine (C=N–C) groups is 1. The van der Waals surface area contributed by atoms with Crippen LogP contribution in [0.1, 0.15) is 37.8 Å². The molecule has 0 bridgehead atoms. The van der Waals surface area contributed by atoms with E-state index < -0.39 is 11.7 Å². The summed E-state index contributed by atoms with van der Waals surface area (Å²) in [5.74, 6) is 1.02. The summed E-state index contributed by atoms with van der Waals surface area (Å²) < 4.78 is 37.4. The molecule has 2 rings (SSSR count). The molecule has 0 amide bonds. The molecule has 1 aliphatic rings. The van der Waals surface area contributed by atoms with E-state index in [0.29, 0.717) is 6.54 Å². The number of alkyl halides is 3. The maximum atomic E-state index is 12.5. The summed E-state index contributed by atoms with van der Waals surface area (Å²) in [5.41, 5.74) is 0.230. The van der Waals surface area contributed by atoms with Crippen molar-refractivity contribution in [2.75, 3.05) is 5.75 Å². The second-order valence-electron chi connectivity index (χ2n) is 5.45. The number of nitrogens with one attached hydrogen (secondary N) is 1. The number of hydrogen-bond donors (Lipinski definition) is 1. The first kappa shape index (κ1) is 16.2. The Hall–Kier alpha value is -1.17. The quantitative estimate of drug-likeness (QED) is 0.890. The normalized spacial score (nSPS) is 24.9. The summed E-state index contributed by atoms with van der Waals surface area (Å²) in [6.07, 6.45) is -2.17. The number of rotatable bonds is 3. The van der Waals surface area contributed by atoms with Crippen molar-refractivity contribution in [1.29, 1.82) is 0 Å². The smallest absolute Gasteiger partial charge is 0.360 e. The lowest BCUT2D eigenvalue weighted by Gasteiger charge is -2.35. The van der Waals surface area contributed by atoms with Crippen molar-refractivity contribution in [2.24, 2.45) is 4.99 Å². The van der Waals surface area contributed by atoms with E-state index in [2.05, 4.69) is 24.2 Å². The fourth-order valence-corrected chi connectivity index (χ4v) is 3.26. The van der Waals surface area contributed by atoms with Gasteiger partial charge in [-0.15, -0.1) is 0 Å². The summed E-state index contributed by atoms with van der Waals surface area (Å²) in [6, 6.07) is 5.18. The minimum atomic E-state index is -4.28. The van der Waals surface area contributed by atoms with Crippen molar-refractivity contribution < 1.29 is 13.2 Å². The van der Waals surface area contributed by atoms with Crippen LogP contribution in [0.2, 0.25) is 0 Å². The van der Waals surface area contributed by atoms with Gasteiger partial charge in [-0.2, -0.15) is 13.2 Å².